The molecule has 1 spiro atoms. The second-order valence-corrected chi connectivity index (χ2v) is 3.78. The zero-order chi connectivity index (χ0) is 12.4. The smallest absolute Gasteiger partial charge is 0.209 e. The van der Waals surface area contributed by atoms with E-state index >= 15 is 0 Å². The lowest BCUT2D eigenvalue weighted by molar-refractivity contribution is -0.122. The van der Waals surface area contributed by atoms with Crippen molar-refractivity contribution in [2.75, 3.05) is 19.7 Å². The number of ether oxygens (including phenoxy) is 1. The van der Waals surface area contributed by atoms with Gasteiger partial charge in [-0.1, -0.05) is 27.7 Å². The number of amides is 1. The van der Waals surface area contributed by atoms with Crippen molar-refractivity contribution in [3.8, 4) is 0 Å². The topological polar surface area (TPSA) is 29.5 Å². The maximum atomic E-state index is 10.4. The summed E-state index contributed by atoms with van der Waals surface area (Å²) in [6.45, 7) is 10.7. The van der Waals surface area contributed by atoms with Crippen LogP contribution in [0.15, 0.2) is 0 Å². The molecule has 2 aliphatic rings. The van der Waals surface area contributed by atoms with Crippen LogP contribution in [0.1, 0.15) is 53.4 Å². The molecule has 0 aromatic rings. The van der Waals surface area contributed by atoms with Crippen LogP contribution in [-0.4, -0.2) is 36.6 Å². The fourth-order valence-corrected chi connectivity index (χ4v) is 2.19. The van der Waals surface area contributed by atoms with Gasteiger partial charge in [0.25, 0.3) is 0 Å². The molecule has 0 aromatic heterocycles. The van der Waals surface area contributed by atoms with E-state index in [2.05, 4.69) is 0 Å². The minimum atomic E-state index is 0.152. The highest BCUT2D eigenvalue weighted by molar-refractivity contribution is 5.47. The molecule has 0 saturated carbocycles. The molecular formula is C13H27NO2. The van der Waals surface area contributed by atoms with Crippen LogP contribution < -0.4 is 0 Å². The summed E-state index contributed by atoms with van der Waals surface area (Å²) in [4.78, 5) is 12.3. The van der Waals surface area contributed by atoms with Gasteiger partial charge in [0.2, 0.25) is 6.41 Å². The van der Waals surface area contributed by atoms with Crippen LogP contribution in [-0.2, 0) is 9.53 Å². The van der Waals surface area contributed by atoms with E-state index in [1.165, 1.54) is 12.8 Å². The summed E-state index contributed by atoms with van der Waals surface area (Å²) >= 11 is 0. The monoisotopic (exact) mass is 229 g/mol. The zero-order valence-corrected chi connectivity index (χ0v) is 11.3. The number of piperidine rings is 1. The molecule has 2 saturated heterocycles. The molecule has 2 aliphatic heterocycles. The van der Waals surface area contributed by atoms with Gasteiger partial charge in [-0.15, -0.1) is 0 Å². The molecule has 0 aromatic carbocycles. The molecule has 3 heteroatoms. The first-order valence-corrected chi connectivity index (χ1v) is 6.68. The fourth-order valence-electron chi connectivity index (χ4n) is 2.19. The van der Waals surface area contributed by atoms with E-state index in [1.807, 2.05) is 32.6 Å². The van der Waals surface area contributed by atoms with Gasteiger partial charge in [0, 0.05) is 19.7 Å². The molecule has 0 N–H and O–H groups in total. The van der Waals surface area contributed by atoms with Crippen molar-refractivity contribution in [1.82, 2.24) is 4.90 Å². The van der Waals surface area contributed by atoms with Gasteiger partial charge in [-0.2, -0.15) is 0 Å². The Hall–Kier alpha value is -0.570. The number of hydrogen-bond donors (Lipinski definition) is 0. The van der Waals surface area contributed by atoms with E-state index in [0.29, 0.717) is 0 Å². The van der Waals surface area contributed by atoms with Crippen LogP contribution in [0.4, 0.5) is 0 Å². The second-order valence-electron chi connectivity index (χ2n) is 3.78. The largest absolute Gasteiger partial charge is 0.375 e. The first kappa shape index (κ1) is 15.4. The van der Waals surface area contributed by atoms with Crippen LogP contribution in [0.2, 0.25) is 0 Å². The van der Waals surface area contributed by atoms with Crippen LogP contribution in [0, 0.1) is 0 Å². The molecule has 2 fully saturated rings. The van der Waals surface area contributed by atoms with Crippen molar-refractivity contribution in [3.63, 3.8) is 0 Å². The minimum absolute atomic E-state index is 0.152. The van der Waals surface area contributed by atoms with Crippen molar-refractivity contribution in [2.45, 2.75) is 59.0 Å². The fraction of sp³-hybridized carbons (Fsp3) is 0.923. The molecule has 16 heavy (non-hydrogen) atoms. The summed E-state index contributed by atoms with van der Waals surface area (Å²) in [7, 11) is 0. The Labute approximate surface area is 100 Å². The van der Waals surface area contributed by atoms with Gasteiger partial charge >= 0.3 is 0 Å². The Morgan fingerprint density at radius 1 is 1.06 bits per heavy atom. The zero-order valence-electron chi connectivity index (χ0n) is 11.3. The predicted octanol–water partition coefficient (Wildman–Crippen LogP) is 2.84. The third-order valence-electron chi connectivity index (χ3n) is 3.04. The van der Waals surface area contributed by atoms with E-state index in [4.69, 9.17) is 4.74 Å². The van der Waals surface area contributed by atoms with E-state index in [1.54, 1.807) is 0 Å². The summed E-state index contributed by atoms with van der Waals surface area (Å²) in [5, 5.41) is 0. The maximum absolute atomic E-state index is 10.4. The van der Waals surface area contributed by atoms with Crippen LogP contribution in [0.25, 0.3) is 0 Å². The van der Waals surface area contributed by atoms with Crippen molar-refractivity contribution in [3.05, 3.63) is 0 Å². The van der Waals surface area contributed by atoms with Crippen LogP contribution in [0.5, 0.6) is 0 Å². The molecule has 2 rings (SSSR count). The third kappa shape index (κ3) is 4.12. The van der Waals surface area contributed by atoms with Crippen molar-refractivity contribution in [2.24, 2.45) is 0 Å². The second kappa shape index (κ2) is 8.57. The Morgan fingerprint density at radius 3 is 2.00 bits per heavy atom. The number of likely N-dealkylation sites (tertiary alicyclic amines) is 1. The highest BCUT2D eigenvalue weighted by atomic mass is 16.5. The number of hydrogen-bond acceptors (Lipinski definition) is 2. The molecule has 0 radical (unpaired) electrons. The van der Waals surface area contributed by atoms with Crippen molar-refractivity contribution < 1.29 is 9.53 Å². The SMILES string of the molecule is CC.CC.O=CN1CCC2(CCCO2)CC1. The van der Waals surface area contributed by atoms with Gasteiger partial charge in [0.05, 0.1) is 5.60 Å². The summed E-state index contributed by atoms with van der Waals surface area (Å²) in [5.41, 5.74) is 0.152. The van der Waals surface area contributed by atoms with Gasteiger partial charge in [0.15, 0.2) is 0 Å². The maximum Gasteiger partial charge on any atom is 0.209 e. The molecule has 2 heterocycles. The van der Waals surface area contributed by atoms with E-state index in [9.17, 15) is 4.79 Å². The van der Waals surface area contributed by atoms with Crippen LogP contribution in [0.3, 0.4) is 0 Å². The van der Waals surface area contributed by atoms with Crippen molar-refractivity contribution >= 4 is 6.41 Å². The van der Waals surface area contributed by atoms with E-state index < -0.39 is 0 Å². The van der Waals surface area contributed by atoms with Gasteiger partial charge in [-0.25, -0.2) is 0 Å². The first-order valence-electron chi connectivity index (χ1n) is 6.68. The summed E-state index contributed by atoms with van der Waals surface area (Å²) in [6, 6.07) is 0. The summed E-state index contributed by atoms with van der Waals surface area (Å²) in [6.07, 6.45) is 5.40. The number of carbonyl (C=O) groups is 1. The third-order valence-corrected chi connectivity index (χ3v) is 3.04. The first-order chi connectivity index (χ1) is 7.85. The summed E-state index contributed by atoms with van der Waals surface area (Å²) in [5.74, 6) is 0. The highest BCUT2D eigenvalue weighted by Gasteiger charge is 2.37. The number of rotatable bonds is 1. The standard InChI is InChI=1S/C9H15NO2.2C2H6/c11-8-10-5-3-9(4-6-10)2-1-7-12-9;2*1-2/h8H,1-7H2;2*1-2H3. The number of carbonyl (C=O) groups excluding carboxylic acids is 1. The van der Waals surface area contributed by atoms with Crippen LogP contribution >= 0.6 is 0 Å². The molecule has 0 atom stereocenters. The predicted molar refractivity (Wildman–Crippen MR) is 67.5 cm³/mol. The molecule has 1 amide bonds. The lowest BCUT2D eigenvalue weighted by atomic mass is 9.89. The number of nitrogens with zero attached hydrogens (tertiary/aromatic N) is 1. The Morgan fingerprint density at radius 2 is 1.62 bits per heavy atom. The molecule has 0 bridgehead atoms. The molecule has 96 valence electrons. The average molecular weight is 229 g/mol. The minimum Gasteiger partial charge on any atom is -0.375 e. The van der Waals surface area contributed by atoms with Gasteiger partial charge < -0.3 is 9.64 Å². The normalized spacial score (nSPS) is 21.6. The van der Waals surface area contributed by atoms with Crippen molar-refractivity contribution in [1.29, 1.82) is 0 Å². The Kier molecular flexibility index (Phi) is 8.26. The molecule has 3 nitrogen and oxygen atoms in total. The molecule has 0 unspecified atom stereocenters. The van der Waals surface area contributed by atoms with Gasteiger partial charge in [-0.05, 0) is 25.7 Å². The van der Waals surface area contributed by atoms with E-state index in [0.717, 1.165) is 38.9 Å². The average Bonchev–Trinajstić information content (AvgIpc) is 2.84. The Balaban J connectivity index is 0.000000509. The lowest BCUT2D eigenvalue weighted by Crippen LogP contribution is -2.43. The lowest BCUT2D eigenvalue weighted by Gasteiger charge is -2.36. The van der Waals surface area contributed by atoms with Gasteiger partial charge in [0.1, 0.15) is 0 Å². The molecule has 0 aliphatic carbocycles. The Bertz CT molecular complexity index is 167. The quantitative estimate of drug-likeness (QED) is 0.647. The summed E-state index contributed by atoms with van der Waals surface area (Å²) < 4.78 is 5.73. The highest BCUT2D eigenvalue weighted by Crippen LogP contribution is 2.35. The van der Waals surface area contributed by atoms with Gasteiger partial charge in [-0.3, -0.25) is 4.79 Å². The molecular weight excluding hydrogens is 202 g/mol. The van der Waals surface area contributed by atoms with E-state index in [-0.39, 0.29) is 5.60 Å².